The van der Waals surface area contributed by atoms with Crippen molar-refractivity contribution in [1.29, 1.82) is 5.26 Å². The summed E-state index contributed by atoms with van der Waals surface area (Å²) in [6.45, 7) is 10.4. The van der Waals surface area contributed by atoms with Crippen molar-refractivity contribution in [3.63, 3.8) is 0 Å². The van der Waals surface area contributed by atoms with E-state index < -0.39 is 5.60 Å². The second kappa shape index (κ2) is 10.8. The summed E-state index contributed by atoms with van der Waals surface area (Å²) in [6.07, 6.45) is 4.59. The first-order chi connectivity index (χ1) is 12.4. The van der Waals surface area contributed by atoms with Crippen LogP contribution < -0.4 is 10.1 Å². The Labute approximate surface area is 157 Å². The number of nitrogens with zero attached hydrogens (tertiary/aromatic N) is 1. The second-order valence-electron chi connectivity index (χ2n) is 6.98. The first-order valence-electron chi connectivity index (χ1n) is 9.52. The van der Waals surface area contributed by atoms with E-state index in [0.29, 0.717) is 30.0 Å². The molecule has 144 valence electrons. The van der Waals surface area contributed by atoms with E-state index in [1.807, 2.05) is 27.7 Å². The van der Waals surface area contributed by atoms with Crippen LogP contribution in [0.1, 0.15) is 72.3 Å². The van der Waals surface area contributed by atoms with Crippen molar-refractivity contribution in [2.75, 3.05) is 11.9 Å². The highest BCUT2D eigenvalue weighted by Crippen LogP contribution is 2.26. The molecular formula is C21H32N2O3. The maximum atomic E-state index is 12.9. The highest BCUT2D eigenvalue weighted by atomic mass is 16.5. The molecule has 0 spiro atoms. The van der Waals surface area contributed by atoms with Gasteiger partial charge in [0.15, 0.2) is 0 Å². The van der Waals surface area contributed by atoms with Crippen molar-refractivity contribution in [1.82, 2.24) is 0 Å². The Morgan fingerprint density at radius 1 is 1.27 bits per heavy atom. The van der Waals surface area contributed by atoms with E-state index in [1.54, 1.807) is 18.2 Å². The first kappa shape index (κ1) is 22.0. The van der Waals surface area contributed by atoms with Crippen molar-refractivity contribution in [3.8, 4) is 11.8 Å². The third-order valence-corrected chi connectivity index (χ3v) is 4.09. The predicted octanol–water partition coefficient (Wildman–Crippen LogP) is 5.05. The van der Waals surface area contributed by atoms with E-state index in [1.165, 1.54) is 0 Å². The molecule has 5 nitrogen and oxygen atoms in total. The van der Waals surface area contributed by atoms with Crippen LogP contribution in [0, 0.1) is 11.3 Å². The summed E-state index contributed by atoms with van der Waals surface area (Å²) in [4.78, 5) is 12.9. The molecule has 0 saturated carbocycles. The highest BCUT2D eigenvalue weighted by molar-refractivity contribution is 5.98. The van der Waals surface area contributed by atoms with Gasteiger partial charge in [0.25, 0.3) is 5.91 Å². The molecule has 0 aliphatic rings. The van der Waals surface area contributed by atoms with Crippen molar-refractivity contribution >= 4 is 11.6 Å². The Morgan fingerprint density at radius 2 is 2.00 bits per heavy atom. The van der Waals surface area contributed by atoms with Crippen LogP contribution in [0.5, 0.6) is 5.75 Å². The van der Waals surface area contributed by atoms with Gasteiger partial charge in [0.2, 0.25) is 0 Å². The maximum Gasteiger partial charge on any atom is 0.256 e. The van der Waals surface area contributed by atoms with Crippen molar-refractivity contribution in [3.05, 3.63) is 23.8 Å². The molecule has 26 heavy (non-hydrogen) atoms. The van der Waals surface area contributed by atoms with Gasteiger partial charge in [-0.25, -0.2) is 0 Å². The molecule has 0 aliphatic carbocycles. The Balaban J connectivity index is 2.95. The smallest absolute Gasteiger partial charge is 0.256 e. The number of benzene rings is 1. The molecule has 1 amide bonds. The second-order valence-corrected chi connectivity index (χ2v) is 6.98. The number of unbranched alkanes of at least 4 members (excludes halogenated alkanes) is 2. The fourth-order valence-corrected chi connectivity index (χ4v) is 2.62. The van der Waals surface area contributed by atoms with Gasteiger partial charge in [-0.2, -0.15) is 5.26 Å². The molecule has 5 heteroatoms. The number of ether oxygens (including phenoxy) is 2. The molecule has 1 rings (SSSR count). The van der Waals surface area contributed by atoms with E-state index in [9.17, 15) is 10.1 Å². The number of rotatable bonds is 11. The minimum absolute atomic E-state index is 0.0197. The first-order valence-corrected chi connectivity index (χ1v) is 9.52. The average molecular weight is 360 g/mol. The van der Waals surface area contributed by atoms with Gasteiger partial charge in [-0.05, 0) is 45.7 Å². The van der Waals surface area contributed by atoms with Gasteiger partial charge in [-0.15, -0.1) is 0 Å². The molecule has 0 unspecified atom stereocenters. The summed E-state index contributed by atoms with van der Waals surface area (Å²) in [5.41, 5.74) is -0.0383. The fourth-order valence-electron chi connectivity index (χ4n) is 2.62. The SMILES string of the molecule is CCCCC[C@](C)(OCCC)C(=O)Nc1ccc(OC(C)C)cc1C#N. The number of hydrogen-bond donors (Lipinski definition) is 1. The number of nitrogens with one attached hydrogen (secondary N) is 1. The molecular weight excluding hydrogens is 328 g/mol. The largest absolute Gasteiger partial charge is 0.491 e. The quantitative estimate of drug-likeness (QED) is 0.561. The lowest BCUT2D eigenvalue weighted by molar-refractivity contribution is -0.140. The molecule has 1 N–H and O–H groups in total. The molecule has 0 aliphatic heterocycles. The predicted molar refractivity (Wildman–Crippen MR) is 104 cm³/mol. The Kier molecular flexibility index (Phi) is 9.15. The van der Waals surface area contributed by atoms with Gasteiger partial charge in [0.1, 0.15) is 17.4 Å². The van der Waals surface area contributed by atoms with E-state index in [0.717, 1.165) is 25.7 Å². The van der Waals surface area contributed by atoms with Crippen LogP contribution in [0.25, 0.3) is 0 Å². The summed E-state index contributed by atoms with van der Waals surface area (Å²) in [5.74, 6) is 0.401. The summed E-state index contributed by atoms with van der Waals surface area (Å²) in [5, 5.41) is 12.3. The van der Waals surface area contributed by atoms with Gasteiger partial charge in [-0.3, -0.25) is 4.79 Å². The zero-order valence-electron chi connectivity index (χ0n) is 16.7. The molecule has 0 aromatic heterocycles. The van der Waals surface area contributed by atoms with Gasteiger partial charge in [-0.1, -0.05) is 33.1 Å². The summed E-state index contributed by atoms with van der Waals surface area (Å²) in [7, 11) is 0. The molecule has 1 aromatic carbocycles. The van der Waals surface area contributed by atoms with E-state index in [2.05, 4.69) is 18.3 Å². The monoisotopic (exact) mass is 360 g/mol. The van der Waals surface area contributed by atoms with Gasteiger partial charge < -0.3 is 14.8 Å². The zero-order chi connectivity index (χ0) is 19.6. The molecule has 0 bridgehead atoms. The minimum atomic E-state index is -0.898. The van der Waals surface area contributed by atoms with Crippen LogP contribution >= 0.6 is 0 Å². The molecule has 0 heterocycles. The van der Waals surface area contributed by atoms with Crippen LogP contribution in [-0.2, 0) is 9.53 Å². The summed E-state index contributed by atoms with van der Waals surface area (Å²) in [6, 6.07) is 7.25. The molecule has 1 aromatic rings. The van der Waals surface area contributed by atoms with Crippen LogP contribution in [-0.4, -0.2) is 24.2 Å². The Hall–Kier alpha value is -2.06. The lowest BCUT2D eigenvalue weighted by Crippen LogP contribution is -2.43. The number of amides is 1. The van der Waals surface area contributed by atoms with Crippen molar-refractivity contribution in [2.24, 2.45) is 0 Å². The van der Waals surface area contributed by atoms with Crippen LogP contribution in [0.3, 0.4) is 0 Å². The standard InChI is InChI=1S/C21H32N2O3/c1-6-8-9-12-21(5,25-13-7-2)20(24)23-19-11-10-18(26-16(3)4)14-17(19)15-22/h10-11,14,16H,6-9,12-13H2,1-5H3,(H,23,24)/t21-/m0/s1. The van der Waals surface area contributed by atoms with Crippen molar-refractivity contribution < 1.29 is 14.3 Å². The van der Waals surface area contributed by atoms with Crippen molar-refractivity contribution in [2.45, 2.75) is 78.4 Å². The third-order valence-electron chi connectivity index (χ3n) is 4.09. The maximum absolute atomic E-state index is 12.9. The number of hydrogen-bond acceptors (Lipinski definition) is 4. The lowest BCUT2D eigenvalue weighted by atomic mass is 9.96. The summed E-state index contributed by atoms with van der Waals surface area (Å²) >= 11 is 0. The van der Waals surface area contributed by atoms with E-state index >= 15 is 0 Å². The average Bonchev–Trinajstić information content (AvgIpc) is 2.60. The van der Waals surface area contributed by atoms with Crippen LogP contribution in [0.4, 0.5) is 5.69 Å². The minimum Gasteiger partial charge on any atom is -0.491 e. The van der Waals surface area contributed by atoms with Gasteiger partial charge in [0, 0.05) is 12.7 Å². The number of carbonyl (C=O) groups is 1. The molecule has 0 saturated heterocycles. The third kappa shape index (κ3) is 6.68. The molecule has 1 atom stereocenters. The normalized spacial score (nSPS) is 13.1. The fraction of sp³-hybridized carbons (Fsp3) is 0.619. The number of anilines is 1. The highest BCUT2D eigenvalue weighted by Gasteiger charge is 2.34. The molecule has 0 fully saturated rings. The zero-order valence-corrected chi connectivity index (χ0v) is 16.7. The molecule has 0 radical (unpaired) electrons. The Bertz CT molecular complexity index is 622. The number of nitriles is 1. The lowest BCUT2D eigenvalue weighted by Gasteiger charge is -2.29. The van der Waals surface area contributed by atoms with E-state index in [4.69, 9.17) is 9.47 Å². The topological polar surface area (TPSA) is 71.3 Å². The van der Waals surface area contributed by atoms with E-state index in [-0.39, 0.29) is 12.0 Å². The van der Waals surface area contributed by atoms with Gasteiger partial charge in [0.05, 0.1) is 17.4 Å². The number of carbonyl (C=O) groups excluding carboxylic acids is 1. The van der Waals surface area contributed by atoms with Crippen LogP contribution in [0.15, 0.2) is 18.2 Å². The van der Waals surface area contributed by atoms with Gasteiger partial charge >= 0.3 is 0 Å². The van der Waals surface area contributed by atoms with Crippen LogP contribution in [0.2, 0.25) is 0 Å². The Morgan fingerprint density at radius 3 is 2.58 bits per heavy atom. The summed E-state index contributed by atoms with van der Waals surface area (Å²) < 4.78 is 11.5.